The number of rotatable bonds is 11. The molecular formula is C13H30N2O2. The maximum absolute atomic E-state index is 5.12. The van der Waals surface area contributed by atoms with Crippen LogP contribution in [0.1, 0.15) is 27.2 Å². The number of nitrogens with zero attached hydrogens (tertiary/aromatic N) is 1. The maximum atomic E-state index is 5.12. The number of nitrogens with one attached hydrogen (secondary N) is 1. The third-order valence-corrected chi connectivity index (χ3v) is 3.14. The van der Waals surface area contributed by atoms with Crippen molar-refractivity contribution in [1.29, 1.82) is 0 Å². The molecule has 1 N–H and O–H groups in total. The zero-order chi connectivity index (χ0) is 13.1. The quantitative estimate of drug-likeness (QED) is 0.597. The second-order valence-corrected chi connectivity index (χ2v) is 4.99. The topological polar surface area (TPSA) is 33.7 Å². The molecule has 17 heavy (non-hydrogen) atoms. The monoisotopic (exact) mass is 246 g/mol. The van der Waals surface area contributed by atoms with E-state index in [-0.39, 0.29) is 5.54 Å². The van der Waals surface area contributed by atoms with Crippen molar-refractivity contribution in [3.05, 3.63) is 0 Å². The van der Waals surface area contributed by atoms with Crippen molar-refractivity contribution in [3.8, 4) is 0 Å². The van der Waals surface area contributed by atoms with E-state index in [9.17, 15) is 0 Å². The van der Waals surface area contributed by atoms with Gasteiger partial charge in [-0.1, -0.05) is 6.92 Å². The molecule has 0 aromatic rings. The summed E-state index contributed by atoms with van der Waals surface area (Å²) in [5.41, 5.74) is 0.230. The largest absolute Gasteiger partial charge is 0.383 e. The molecule has 0 heterocycles. The number of methoxy groups -OCH3 is 2. The standard InChI is InChI=1S/C13H30N2O2/c1-6-13(2,3)14-7-8-15(9-11-16-4)10-12-17-5/h14H,6-12H2,1-5H3. The second-order valence-electron chi connectivity index (χ2n) is 4.99. The van der Waals surface area contributed by atoms with Crippen molar-refractivity contribution in [1.82, 2.24) is 10.2 Å². The van der Waals surface area contributed by atoms with Crippen molar-refractivity contribution in [2.45, 2.75) is 32.7 Å². The van der Waals surface area contributed by atoms with E-state index in [1.165, 1.54) is 0 Å². The highest BCUT2D eigenvalue weighted by molar-refractivity contribution is 4.75. The van der Waals surface area contributed by atoms with Gasteiger partial charge in [-0.2, -0.15) is 0 Å². The van der Waals surface area contributed by atoms with Crippen LogP contribution in [0.4, 0.5) is 0 Å². The van der Waals surface area contributed by atoms with E-state index in [0.29, 0.717) is 0 Å². The van der Waals surface area contributed by atoms with Crippen LogP contribution in [-0.4, -0.2) is 64.1 Å². The molecule has 104 valence electrons. The van der Waals surface area contributed by atoms with E-state index < -0.39 is 0 Å². The molecule has 0 aliphatic heterocycles. The van der Waals surface area contributed by atoms with Crippen LogP contribution >= 0.6 is 0 Å². The number of hydrogen-bond donors (Lipinski definition) is 1. The molecule has 0 aromatic heterocycles. The van der Waals surface area contributed by atoms with Crippen LogP contribution in [-0.2, 0) is 9.47 Å². The Balaban J connectivity index is 3.81. The molecule has 0 saturated heterocycles. The molecule has 0 amide bonds. The lowest BCUT2D eigenvalue weighted by Gasteiger charge is -2.27. The average molecular weight is 246 g/mol. The minimum atomic E-state index is 0.230. The Morgan fingerprint density at radius 1 is 1.00 bits per heavy atom. The number of ether oxygens (including phenoxy) is 2. The first kappa shape index (κ1) is 16.8. The molecule has 0 unspecified atom stereocenters. The van der Waals surface area contributed by atoms with E-state index in [1.807, 2.05) is 0 Å². The summed E-state index contributed by atoms with van der Waals surface area (Å²) < 4.78 is 10.2. The predicted octanol–water partition coefficient (Wildman–Crippen LogP) is 1.36. The van der Waals surface area contributed by atoms with Crippen molar-refractivity contribution in [3.63, 3.8) is 0 Å². The fourth-order valence-electron chi connectivity index (χ4n) is 1.45. The molecule has 0 aromatic carbocycles. The molecule has 4 nitrogen and oxygen atoms in total. The molecule has 0 aliphatic carbocycles. The minimum Gasteiger partial charge on any atom is -0.383 e. The predicted molar refractivity (Wildman–Crippen MR) is 72.6 cm³/mol. The Kier molecular flexibility index (Phi) is 9.74. The average Bonchev–Trinajstić information content (AvgIpc) is 2.31. The van der Waals surface area contributed by atoms with Gasteiger partial charge in [0.15, 0.2) is 0 Å². The first-order valence-corrected chi connectivity index (χ1v) is 6.51. The third-order valence-electron chi connectivity index (χ3n) is 3.14. The van der Waals surface area contributed by atoms with E-state index in [2.05, 4.69) is 31.0 Å². The van der Waals surface area contributed by atoms with Gasteiger partial charge in [-0.3, -0.25) is 4.90 Å². The number of hydrogen-bond acceptors (Lipinski definition) is 4. The van der Waals surface area contributed by atoms with Gasteiger partial charge in [-0.15, -0.1) is 0 Å². The van der Waals surface area contributed by atoms with E-state index >= 15 is 0 Å². The van der Waals surface area contributed by atoms with Gasteiger partial charge in [-0.05, 0) is 20.3 Å². The van der Waals surface area contributed by atoms with Gasteiger partial charge in [0.25, 0.3) is 0 Å². The molecule has 0 saturated carbocycles. The lowest BCUT2D eigenvalue weighted by molar-refractivity contribution is 0.113. The van der Waals surface area contributed by atoms with Crippen LogP contribution < -0.4 is 5.32 Å². The Hall–Kier alpha value is -0.160. The first-order valence-electron chi connectivity index (χ1n) is 6.51. The van der Waals surface area contributed by atoms with Gasteiger partial charge in [-0.25, -0.2) is 0 Å². The summed E-state index contributed by atoms with van der Waals surface area (Å²) in [6.45, 7) is 12.2. The van der Waals surface area contributed by atoms with Crippen LogP contribution in [0.15, 0.2) is 0 Å². The molecule has 0 atom stereocenters. The third kappa shape index (κ3) is 9.53. The van der Waals surface area contributed by atoms with Crippen LogP contribution in [0, 0.1) is 0 Å². The van der Waals surface area contributed by atoms with Crippen LogP contribution in [0.25, 0.3) is 0 Å². The van der Waals surface area contributed by atoms with Crippen molar-refractivity contribution < 1.29 is 9.47 Å². The molecule has 0 rings (SSSR count). The second kappa shape index (κ2) is 9.83. The molecule has 0 aliphatic rings. The highest BCUT2D eigenvalue weighted by atomic mass is 16.5. The summed E-state index contributed by atoms with van der Waals surface area (Å²) in [6, 6.07) is 0. The lowest BCUT2D eigenvalue weighted by atomic mass is 10.0. The van der Waals surface area contributed by atoms with Gasteiger partial charge >= 0.3 is 0 Å². The summed E-state index contributed by atoms with van der Waals surface area (Å²) in [6.07, 6.45) is 1.14. The van der Waals surface area contributed by atoms with Gasteiger partial charge in [0.2, 0.25) is 0 Å². The van der Waals surface area contributed by atoms with Crippen LogP contribution in [0.2, 0.25) is 0 Å². The molecule has 0 fully saturated rings. The van der Waals surface area contributed by atoms with Gasteiger partial charge in [0.05, 0.1) is 13.2 Å². The molecular weight excluding hydrogens is 216 g/mol. The van der Waals surface area contributed by atoms with Gasteiger partial charge in [0, 0.05) is 45.9 Å². The summed E-state index contributed by atoms with van der Waals surface area (Å²) in [4.78, 5) is 2.37. The SMILES string of the molecule is CCC(C)(C)NCCN(CCOC)CCOC. The van der Waals surface area contributed by atoms with Crippen molar-refractivity contribution >= 4 is 0 Å². The Bertz CT molecular complexity index is 167. The van der Waals surface area contributed by atoms with Gasteiger partial charge in [0.1, 0.15) is 0 Å². The van der Waals surface area contributed by atoms with Crippen LogP contribution in [0.3, 0.4) is 0 Å². The normalized spacial score (nSPS) is 12.4. The molecule has 0 bridgehead atoms. The molecule has 4 heteroatoms. The Morgan fingerprint density at radius 3 is 1.94 bits per heavy atom. The fourth-order valence-corrected chi connectivity index (χ4v) is 1.45. The summed E-state index contributed by atoms with van der Waals surface area (Å²) in [5, 5.41) is 3.57. The zero-order valence-corrected chi connectivity index (χ0v) is 12.2. The maximum Gasteiger partial charge on any atom is 0.0589 e. The Labute approximate surface area is 107 Å². The summed E-state index contributed by atoms with van der Waals surface area (Å²) >= 11 is 0. The highest BCUT2D eigenvalue weighted by Gasteiger charge is 2.13. The first-order chi connectivity index (χ1) is 8.05. The molecule has 0 radical (unpaired) electrons. The summed E-state index contributed by atoms with van der Waals surface area (Å²) in [7, 11) is 3.49. The molecule has 0 spiro atoms. The lowest BCUT2D eigenvalue weighted by Crippen LogP contribution is -2.44. The minimum absolute atomic E-state index is 0.230. The van der Waals surface area contributed by atoms with E-state index in [1.54, 1.807) is 14.2 Å². The fraction of sp³-hybridized carbons (Fsp3) is 1.00. The Morgan fingerprint density at radius 2 is 1.53 bits per heavy atom. The van der Waals surface area contributed by atoms with E-state index in [0.717, 1.165) is 45.8 Å². The van der Waals surface area contributed by atoms with E-state index in [4.69, 9.17) is 9.47 Å². The summed E-state index contributed by atoms with van der Waals surface area (Å²) in [5.74, 6) is 0. The highest BCUT2D eigenvalue weighted by Crippen LogP contribution is 2.05. The van der Waals surface area contributed by atoms with Crippen molar-refractivity contribution in [2.75, 3.05) is 53.6 Å². The van der Waals surface area contributed by atoms with Crippen LogP contribution in [0.5, 0.6) is 0 Å². The zero-order valence-electron chi connectivity index (χ0n) is 12.2. The van der Waals surface area contributed by atoms with Crippen molar-refractivity contribution in [2.24, 2.45) is 0 Å². The van der Waals surface area contributed by atoms with Gasteiger partial charge < -0.3 is 14.8 Å². The smallest absolute Gasteiger partial charge is 0.0589 e.